The first-order valence-corrected chi connectivity index (χ1v) is 6.76. The molecule has 1 aromatic carbocycles. The number of aromatic nitrogens is 4. The van der Waals surface area contributed by atoms with Gasteiger partial charge in [-0.2, -0.15) is 0 Å². The Morgan fingerprint density at radius 1 is 1.14 bits per heavy atom. The lowest BCUT2D eigenvalue weighted by atomic mass is 9.97. The van der Waals surface area contributed by atoms with Crippen molar-refractivity contribution in [1.29, 1.82) is 0 Å². The summed E-state index contributed by atoms with van der Waals surface area (Å²) in [5.74, 6) is 0.928. The van der Waals surface area contributed by atoms with Gasteiger partial charge in [-0.05, 0) is 17.7 Å². The van der Waals surface area contributed by atoms with Gasteiger partial charge in [-0.25, -0.2) is 0 Å². The maximum absolute atomic E-state index is 12.5. The molecule has 0 spiro atoms. The summed E-state index contributed by atoms with van der Waals surface area (Å²) in [7, 11) is 0. The van der Waals surface area contributed by atoms with Crippen molar-refractivity contribution in [2.24, 2.45) is 0 Å². The number of benzene rings is 1. The van der Waals surface area contributed by atoms with E-state index in [0.717, 1.165) is 17.0 Å². The predicted molar refractivity (Wildman–Crippen MR) is 76.8 cm³/mol. The molecule has 1 aliphatic rings. The number of rotatable bonds is 3. The highest BCUT2D eigenvalue weighted by atomic mass is 16.1. The highest BCUT2D eigenvalue weighted by Crippen LogP contribution is 2.39. The van der Waals surface area contributed by atoms with Gasteiger partial charge in [0.25, 0.3) is 0 Å². The molecule has 0 N–H and O–H groups in total. The Labute approximate surface area is 121 Å². The molecule has 0 bridgehead atoms. The third kappa shape index (κ3) is 1.86. The molecule has 0 saturated heterocycles. The molecule has 2 aromatic heterocycles. The second kappa shape index (κ2) is 4.63. The first-order chi connectivity index (χ1) is 10.3. The minimum absolute atomic E-state index is 0.0353. The summed E-state index contributed by atoms with van der Waals surface area (Å²) in [6, 6.07) is 11.5. The Hall–Kier alpha value is -2.82. The second-order valence-corrected chi connectivity index (χ2v) is 5.03. The van der Waals surface area contributed by atoms with E-state index in [2.05, 4.69) is 21.2 Å². The van der Waals surface area contributed by atoms with Crippen LogP contribution in [0.3, 0.4) is 0 Å². The zero-order chi connectivity index (χ0) is 14.2. The van der Waals surface area contributed by atoms with Gasteiger partial charge in [-0.3, -0.25) is 9.78 Å². The Kier molecular flexibility index (Phi) is 2.64. The summed E-state index contributed by atoms with van der Waals surface area (Å²) in [6.07, 6.45) is 5.37. The van der Waals surface area contributed by atoms with Gasteiger partial charge in [0, 0.05) is 29.9 Å². The van der Waals surface area contributed by atoms with Crippen LogP contribution in [0.2, 0.25) is 0 Å². The topological polar surface area (TPSA) is 60.7 Å². The number of nitrogens with zero attached hydrogens (tertiary/aromatic N) is 4. The smallest absolute Gasteiger partial charge is 0.165 e. The number of fused-ring (bicyclic) bond motifs is 3. The lowest BCUT2D eigenvalue weighted by Gasteiger charge is -2.13. The molecule has 0 fully saturated rings. The molecule has 0 radical (unpaired) electrons. The van der Waals surface area contributed by atoms with E-state index < -0.39 is 0 Å². The molecule has 1 atom stereocenters. The molecule has 4 rings (SSSR count). The van der Waals surface area contributed by atoms with Crippen LogP contribution in [-0.4, -0.2) is 25.5 Å². The van der Waals surface area contributed by atoms with Crippen molar-refractivity contribution in [2.75, 3.05) is 0 Å². The largest absolute Gasteiger partial charge is 0.305 e. The third-order valence-electron chi connectivity index (χ3n) is 3.85. The van der Waals surface area contributed by atoms with E-state index in [9.17, 15) is 4.79 Å². The van der Waals surface area contributed by atoms with Crippen molar-refractivity contribution in [1.82, 2.24) is 19.7 Å². The van der Waals surface area contributed by atoms with Crippen molar-refractivity contribution in [3.8, 4) is 11.4 Å². The maximum atomic E-state index is 12.5. The molecule has 0 saturated carbocycles. The van der Waals surface area contributed by atoms with Crippen molar-refractivity contribution < 1.29 is 4.79 Å². The van der Waals surface area contributed by atoms with Crippen LogP contribution < -0.4 is 0 Å². The minimum atomic E-state index is -0.0353. The normalized spacial score (nSPS) is 15.5. The molecule has 5 heteroatoms. The van der Waals surface area contributed by atoms with Gasteiger partial charge >= 0.3 is 0 Å². The molecule has 21 heavy (non-hydrogen) atoms. The van der Waals surface area contributed by atoms with Gasteiger partial charge in [0.15, 0.2) is 11.6 Å². The van der Waals surface area contributed by atoms with E-state index in [1.54, 1.807) is 30.9 Å². The van der Waals surface area contributed by atoms with Crippen LogP contribution in [0.15, 0.2) is 55.1 Å². The fraction of sp³-hybridized carbons (Fsp3) is 0.125. The van der Waals surface area contributed by atoms with Gasteiger partial charge in [0.2, 0.25) is 0 Å². The van der Waals surface area contributed by atoms with Gasteiger partial charge in [-0.15, -0.1) is 10.2 Å². The van der Waals surface area contributed by atoms with E-state index in [1.165, 1.54) is 0 Å². The van der Waals surface area contributed by atoms with Gasteiger partial charge in [-0.1, -0.05) is 24.3 Å². The summed E-state index contributed by atoms with van der Waals surface area (Å²) in [5, 5.41) is 8.12. The van der Waals surface area contributed by atoms with Crippen LogP contribution in [0.25, 0.3) is 11.4 Å². The van der Waals surface area contributed by atoms with Crippen molar-refractivity contribution in [2.45, 2.75) is 12.5 Å². The summed E-state index contributed by atoms with van der Waals surface area (Å²) in [5.41, 5.74) is 2.87. The fourth-order valence-electron chi connectivity index (χ4n) is 2.84. The molecular weight excluding hydrogens is 264 g/mol. The molecule has 102 valence electrons. The standard InChI is InChI=1S/C16H12N4O/c21-15(11-5-7-17-8-6-11)9-14-12-3-1-2-4-13(12)16-19-18-10-20(14)16/h1-8,10,14H,9H2. The Bertz CT molecular complexity index is 810. The summed E-state index contributed by atoms with van der Waals surface area (Å²) in [6.45, 7) is 0. The molecule has 0 amide bonds. The number of hydrogen-bond acceptors (Lipinski definition) is 4. The molecule has 3 aromatic rings. The number of carbonyl (C=O) groups is 1. The molecular formula is C16H12N4O. The van der Waals surface area contributed by atoms with E-state index in [1.807, 2.05) is 22.8 Å². The summed E-state index contributed by atoms with van der Waals surface area (Å²) < 4.78 is 1.98. The van der Waals surface area contributed by atoms with E-state index >= 15 is 0 Å². The highest BCUT2D eigenvalue weighted by Gasteiger charge is 2.31. The number of hydrogen-bond donors (Lipinski definition) is 0. The minimum Gasteiger partial charge on any atom is -0.305 e. The summed E-state index contributed by atoms with van der Waals surface area (Å²) in [4.78, 5) is 16.4. The van der Waals surface area contributed by atoms with Crippen LogP contribution in [0.5, 0.6) is 0 Å². The Morgan fingerprint density at radius 3 is 2.81 bits per heavy atom. The molecule has 3 heterocycles. The van der Waals surface area contributed by atoms with Crippen LogP contribution in [0.1, 0.15) is 28.4 Å². The van der Waals surface area contributed by atoms with Crippen LogP contribution >= 0.6 is 0 Å². The molecule has 5 nitrogen and oxygen atoms in total. The fourth-order valence-corrected chi connectivity index (χ4v) is 2.84. The molecule has 0 aliphatic carbocycles. The Balaban J connectivity index is 1.72. The van der Waals surface area contributed by atoms with Gasteiger partial charge < -0.3 is 4.57 Å². The zero-order valence-electron chi connectivity index (χ0n) is 11.2. The Morgan fingerprint density at radius 2 is 1.95 bits per heavy atom. The number of Topliss-reactive ketones (excluding diaryl/α,β-unsaturated/α-hetero) is 1. The van der Waals surface area contributed by atoms with Crippen LogP contribution in [-0.2, 0) is 0 Å². The number of carbonyl (C=O) groups excluding carboxylic acids is 1. The SMILES string of the molecule is O=C(CC1c2ccccc2-c2nncn21)c1ccncc1. The lowest BCUT2D eigenvalue weighted by Crippen LogP contribution is -2.11. The van der Waals surface area contributed by atoms with Crippen LogP contribution in [0.4, 0.5) is 0 Å². The van der Waals surface area contributed by atoms with Gasteiger partial charge in [0.1, 0.15) is 6.33 Å². The first-order valence-electron chi connectivity index (χ1n) is 6.76. The second-order valence-electron chi connectivity index (χ2n) is 5.03. The maximum Gasteiger partial charge on any atom is 0.165 e. The first kappa shape index (κ1) is 12.0. The number of ketones is 1. The van der Waals surface area contributed by atoms with E-state index in [0.29, 0.717) is 12.0 Å². The van der Waals surface area contributed by atoms with E-state index in [-0.39, 0.29) is 11.8 Å². The van der Waals surface area contributed by atoms with E-state index in [4.69, 9.17) is 0 Å². The molecule has 1 aliphatic heterocycles. The zero-order valence-corrected chi connectivity index (χ0v) is 11.2. The quantitative estimate of drug-likeness (QED) is 0.690. The van der Waals surface area contributed by atoms with Crippen molar-refractivity contribution in [3.63, 3.8) is 0 Å². The highest BCUT2D eigenvalue weighted by molar-refractivity contribution is 5.96. The molecule has 1 unspecified atom stereocenters. The predicted octanol–water partition coefficient (Wildman–Crippen LogP) is 2.52. The van der Waals surface area contributed by atoms with Crippen molar-refractivity contribution >= 4 is 5.78 Å². The van der Waals surface area contributed by atoms with Gasteiger partial charge in [0.05, 0.1) is 6.04 Å². The summed E-state index contributed by atoms with van der Waals surface area (Å²) >= 11 is 0. The monoisotopic (exact) mass is 276 g/mol. The number of pyridine rings is 1. The average Bonchev–Trinajstić information content (AvgIpc) is 3.11. The van der Waals surface area contributed by atoms with Crippen molar-refractivity contribution in [3.05, 3.63) is 66.2 Å². The van der Waals surface area contributed by atoms with Crippen LogP contribution in [0, 0.1) is 0 Å². The average molecular weight is 276 g/mol. The third-order valence-corrected chi connectivity index (χ3v) is 3.85. The lowest BCUT2D eigenvalue weighted by molar-refractivity contribution is 0.0970.